The molecule has 65 heavy (non-hydrogen) atoms. The third kappa shape index (κ3) is 5.33. The van der Waals surface area contributed by atoms with Gasteiger partial charge < -0.3 is 48.3 Å². The number of nitrogens with zero attached hydrogens (tertiary/aromatic N) is 4. The first-order chi connectivity index (χ1) is 31.3. The second-order valence-corrected chi connectivity index (χ2v) is 20.1. The number of anilines is 2. The van der Waals surface area contributed by atoms with Gasteiger partial charge in [0.2, 0.25) is 0 Å². The zero-order chi connectivity index (χ0) is 45.5. The first-order valence-electron chi connectivity index (χ1n) is 23.6. The van der Waals surface area contributed by atoms with Crippen molar-refractivity contribution in [3.63, 3.8) is 0 Å². The van der Waals surface area contributed by atoms with Crippen molar-refractivity contribution in [2.75, 3.05) is 97.2 Å². The molecular weight excluding hydrogens is 831 g/mol. The lowest BCUT2D eigenvalue weighted by Gasteiger charge is -2.58. The number of methoxy groups -OCH3 is 3. The van der Waals surface area contributed by atoms with E-state index in [1.54, 1.807) is 7.11 Å². The van der Waals surface area contributed by atoms with Gasteiger partial charge in [0.15, 0.2) is 11.8 Å². The first-order valence-corrected chi connectivity index (χ1v) is 23.6. The second kappa shape index (κ2) is 14.7. The van der Waals surface area contributed by atoms with Crippen molar-refractivity contribution in [1.29, 1.82) is 0 Å². The summed E-state index contributed by atoms with van der Waals surface area (Å²) in [4.78, 5) is 56.6. The Morgan fingerprint density at radius 3 is 2.45 bits per heavy atom. The number of carbonyl (C=O) groups is 3. The van der Waals surface area contributed by atoms with Crippen LogP contribution in [0.4, 0.5) is 11.4 Å². The number of nitrogens with one attached hydrogen (secondary N) is 1. The summed E-state index contributed by atoms with van der Waals surface area (Å²) in [5, 5.41) is 13.2. The van der Waals surface area contributed by atoms with Crippen LogP contribution in [-0.4, -0.2) is 154 Å². The molecule has 10 atom stereocenters. The highest BCUT2D eigenvalue weighted by atomic mass is 16.7. The molecule has 1 unspecified atom stereocenters. The molecule has 2 N–H and O–H groups in total. The number of H-pyrrole nitrogens is 1. The molecule has 5 fully saturated rings. The Balaban J connectivity index is 1.20. The summed E-state index contributed by atoms with van der Waals surface area (Å²) in [6, 6.07) is 10.5. The highest BCUT2D eigenvalue weighted by molar-refractivity contribution is 5.97. The maximum absolute atomic E-state index is 15.6. The third-order valence-electron chi connectivity index (χ3n) is 17.5. The lowest BCUT2D eigenvalue weighted by Crippen LogP contribution is -2.75. The number of esters is 3. The van der Waals surface area contributed by atoms with E-state index in [9.17, 15) is 14.7 Å². The van der Waals surface area contributed by atoms with Crippen LogP contribution in [0.5, 0.6) is 5.75 Å². The van der Waals surface area contributed by atoms with Gasteiger partial charge in [-0.3, -0.25) is 19.4 Å². The number of likely N-dealkylation sites (N-methyl/N-ethyl adjacent to an activating group) is 1. The van der Waals surface area contributed by atoms with Gasteiger partial charge >= 0.3 is 17.9 Å². The number of hydrogen-bond donors (Lipinski definition) is 2. The number of morpholine rings is 1. The van der Waals surface area contributed by atoms with Crippen molar-refractivity contribution in [2.24, 2.45) is 11.3 Å². The van der Waals surface area contributed by atoms with Crippen LogP contribution >= 0.6 is 0 Å². The van der Waals surface area contributed by atoms with E-state index in [0.29, 0.717) is 95.8 Å². The quantitative estimate of drug-likeness (QED) is 0.144. The number of epoxide rings is 1. The van der Waals surface area contributed by atoms with E-state index < -0.39 is 57.2 Å². The molecule has 2 aromatic carbocycles. The van der Waals surface area contributed by atoms with Gasteiger partial charge in [0, 0.05) is 104 Å². The molecule has 4 saturated heterocycles. The van der Waals surface area contributed by atoms with Crippen LogP contribution in [-0.2, 0) is 55.3 Å². The van der Waals surface area contributed by atoms with E-state index >= 15 is 4.79 Å². The number of benzene rings is 2. The Morgan fingerprint density at radius 2 is 1.74 bits per heavy atom. The smallest absolute Gasteiger partial charge is 0.347 e. The largest absolute Gasteiger partial charge is 0.496 e. The number of aromatic amines is 1. The Bertz CT molecular complexity index is 2520. The Hall–Kier alpha value is -4.67. The molecule has 15 heteroatoms. The van der Waals surface area contributed by atoms with E-state index in [-0.39, 0.29) is 12.0 Å². The highest BCUT2D eigenvalue weighted by Gasteiger charge is 2.98. The molecule has 0 amide bonds. The summed E-state index contributed by atoms with van der Waals surface area (Å²) < 4.78 is 37.5. The number of piperidine rings is 1. The minimum Gasteiger partial charge on any atom is -0.496 e. The standard InChI is InChI=1S/C50H63N5O10/c1-8-45(59)26-31-27-47(43(57)61-6,40-33(13-17-53(28-31)29-45)34-23-32(11-12-37(34)51-40)54-19-21-63-22-20-54)36-24-35-38(25-39(36)60-5)52(4)50-48(35)15-18-55-16-10-14-46(9-2,41(48)55)42(64-30(3)56)49(50,65-50)44(58)62-7/h10-12,14,23-25,31,41-42,51,59H,8-9,13,15-22,26-29H2,1-7H3/t31-,41+,42-,45+,46-,47+,48-,49+,50+/m1/s1. The van der Waals surface area contributed by atoms with Gasteiger partial charge in [-0.05, 0) is 86.4 Å². The number of aromatic nitrogens is 1. The molecule has 1 saturated carbocycles. The third-order valence-corrected chi connectivity index (χ3v) is 17.5. The molecule has 1 aromatic heterocycles. The van der Waals surface area contributed by atoms with Crippen molar-refractivity contribution in [2.45, 2.75) is 99.2 Å². The fourth-order valence-electron chi connectivity index (χ4n) is 14.9. The number of ether oxygens (including phenoxy) is 6. The van der Waals surface area contributed by atoms with Gasteiger partial charge in [-0.15, -0.1) is 0 Å². The van der Waals surface area contributed by atoms with Crippen LogP contribution in [0.2, 0.25) is 0 Å². The SMILES string of the molecule is CC[C@]1(O)C[C@H]2CN(CCc3c([nH]c4ccc(N5CCOCC5)cc34)[C@@](C(=O)OC)(c3cc4c(cc3OC)N(C)[C@@]35O[C@]3(C(=O)OC)[C@H](OC(C)=O)[C@]3(CC)C=CCN6CC[C@]45[C@@H]63)C2)C1. The summed E-state index contributed by atoms with van der Waals surface area (Å²) in [6.07, 6.45) is 6.56. The normalized spacial score (nSPS) is 37.7. The van der Waals surface area contributed by atoms with Gasteiger partial charge in [-0.1, -0.05) is 26.0 Å². The van der Waals surface area contributed by atoms with Crippen molar-refractivity contribution in [3.05, 3.63) is 64.9 Å². The van der Waals surface area contributed by atoms with E-state index in [0.717, 1.165) is 52.2 Å². The molecule has 8 aliphatic rings. The number of rotatable bonds is 8. The summed E-state index contributed by atoms with van der Waals surface area (Å²) >= 11 is 0. The lowest BCUT2D eigenvalue weighted by atomic mass is 9.49. The first kappa shape index (κ1) is 42.9. The monoisotopic (exact) mass is 893 g/mol. The van der Waals surface area contributed by atoms with Crippen LogP contribution < -0.4 is 14.5 Å². The van der Waals surface area contributed by atoms with E-state index in [1.807, 2.05) is 20.0 Å². The minimum absolute atomic E-state index is 0.102. The van der Waals surface area contributed by atoms with Crippen LogP contribution in [0.1, 0.15) is 75.3 Å². The number of carbonyl (C=O) groups excluding carboxylic acids is 3. The van der Waals surface area contributed by atoms with Crippen LogP contribution in [0.15, 0.2) is 42.5 Å². The molecular formula is C50H63N5O10. The van der Waals surface area contributed by atoms with Crippen LogP contribution in [0, 0.1) is 11.3 Å². The summed E-state index contributed by atoms with van der Waals surface area (Å²) in [6.45, 7) is 11.8. The van der Waals surface area contributed by atoms with Crippen LogP contribution in [0.25, 0.3) is 10.9 Å². The maximum Gasteiger partial charge on any atom is 0.347 e. The Morgan fingerprint density at radius 1 is 0.954 bits per heavy atom. The molecule has 7 aliphatic heterocycles. The molecule has 11 rings (SSSR count). The predicted molar refractivity (Wildman–Crippen MR) is 241 cm³/mol. The van der Waals surface area contributed by atoms with Gasteiger partial charge in [-0.25, -0.2) is 4.79 Å². The molecule has 2 bridgehead atoms. The average molecular weight is 894 g/mol. The predicted octanol–water partition coefficient (Wildman–Crippen LogP) is 4.19. The Kier molecular flexibility index (Phi) is 9.69. The summed E-state index contributed by atoms with van der Waals surface area (Å²) in [5.41, 5.74) is -0.814. The number of hydrogen-bond acceptors (Lipinski definition) is 14. The molecule has 3 aromatic rings. The topological polar surface area (TPSA) is 159 Å². The molecule has 348 valence electrons. The summed E-state index contributed by atoms with van der Waals surface area (Å²) in [5.74, 6) is -1.13. The maximum atomic E-state index is 15.6. The molecule has 1 aliphatic carbocycles. The highest BCUT2D eigenvalue weighted by Crippen LogP contribution is 2.80. The zero-order valence-corrected chi connectivity index (χ0v) is 38.8. The van der Waals surface area contributed by atoms with Crippen molar-refractivity contribution in [3.8, 4) is 5.75 Å². The van der Waals surface area contributed by atoms with Gasteiger partial charge in [-0.2, -0.15) is 0 Å². The molecule has 0 radical (unpaired) electrons. The van der Waals surface area contributed by atoms with E-state index in [4.69, 9.17) is 28.4 Å². The van der Waals surface area contributed by atoms with Crippen LogP contribution in [0.3, 0.4) is 0 Å². The molecule has 15 nitrogen and oxygen atoms in total. The van der Waals surface area contributed by atoms with Gasteiger partial charge in [0.05, 0.1) is 45.6 Å². The lowest BCUT2D eigenvalue weighted by molar-refractivity contribution is -0.178. The summed E-state index contributed by atoms with van der Waals surface area (Å²) in [7, 11) is 6.41. The van der Waals surface area contributed by atoms with E-state index in [1.165, 1.54) is 21.1 Å². The van der Waals surface area contributed by atoms with Crippen molar-refractivity contribution >= 4 is 40.2 Å². The zero-order valence-electron chi connectivity index (χ0n) is 38.8. The van der Waals surface area contributed by atoms with Crippen molar-refractivity contribution < 1.29 is 47.9 Å². The fraction of sp³-hybridized carbons (Fsp3) is 0.620. The number of aliphatic hydroxyl groups is 1. The molecule has 2 spiro atoms. The number of fused-ring (bicyclic) bond motifs is 6. The molecule has 8 heterocycles. The average Bonchev–Trinajstić information content (AvgIpc) is 3.56. The second-order valence-electron chi connectivity index (χ2n) is 20.1. The Labute approximate surface area is 380 Å². The van der Waals surface area contributed by atoms with Gasteiger partial charge in [0.1, 0.15) is 11.2 Å². The fourth-order valence-corrected chi connectivity index (χ4v) is 14.9. The van der Waals surface area contributed by atoms with E-state index in [2.05, 4.69) is 67.9 Å². The van der Waals surface area contributed by atoms with Gasteiger partial charge in [0.25, 0.3) is 5.60 Å². The van der Waals surface area contributed by atoms with Crippen molar-refractivity contribution in [1.82, 2.24) is 14.8 Å². The minimum atomic E-state index is -1.67.